The van der Waals surface area contributed by atoms with Gasteiger partial charge in [0.2, 0.25) is 0 Å². The Kier molecular flexibility index (Phi) is 4.45. The summed E-state index contributed by atoms with van der Waals surface area (Å²) < 4.78 is 0. The Labute approximate surface area is 128 Å². The zero-order valence-corrected chi connectivity index (χ0v) is 13.6. The van der Waals surface area contributed by atoms with Gasteiger partial charge in [-0.05, 0) is 63.9 Å². The van der Waals surface area contributed by atoms with Crippen LogP contribution in [0, 0.1) is 6.92 Å². The standard InChI is InChI=1S/C17H28N4/c1-13-9-15(10-18-16-5-6-16)11-19-17(13)21-8-4-7-20(3)12-14(21)2/h9,11,14,16,18H,4-8,10,12H2,1-3H3. The van der Waals surface area contributed by atoms with Crippen molar-refractivity contribution in [3.63, 3.8) is 0 Å². The van der Waals surface area contributed by atoms with Gasteiger partial charge in [0, 0.05) is 37.9 Å². The summed E-state index contributed by atoms with van der Waals surface area (Å²) in [4.78, 5) is 9.69. The Balaban J connectivity index is 1.71. The molecule has 0 amide bonds. The van der Waals surface area contributed by atoms with Crippen LogP contribution in [0.2, 0.25) is 0 Å². The first kappa shape index (κ1) is 14.8. The van der Waals surface area contributed by atoms with Crippen LogP contribution in [-0.2, 0) is 6.54 Å². The lowest BCUT2D eigenvalue weighted by Crippen LogP contribution is -2.38. The lowest BCUT2D eigenvalue weighted by molar-refractivity contribution is 0.337. The molecule has 2 heterocycles. The number of nitrogens with zero attached hydrogens (tertiary/aromatic N) is 3. The van der Waals surface area contributed by atoms with Crippen LogP contribution in [0.1, 0.15) is 37.3 Å². The average molecular weight is 288 g/mol. The van der Waals surface area contributed by atoms with Gasteiger partial charge in [-0.15, -0.1) is 0 Å². The lowest BCUT2D eigenvalue weighted by atomic mass is 10.1. The third kappa shape index (κ3) is 3.74. The predicted molar refractivity (Wildman–Crippen MR) is 87.8 cm³/mol. The summed E-state index contributed by atoms with van der Waals surface area (Å²) in [6, 6.07) is 3.59. The van der Waals surface area contributed by atoms with Crippen molar-refractivity contribution in [2.45, 2.75) is 51.7 Å². The minimum absolute atomic E-state index is 0.527. The van der Waals surface area contributed by atoms with E-state index in [0.717, 1.165) is 25.7 Å². The molecule has 1 N–H and O–H groups in total. The molecule has 4 heteroatoms. The van der Waals surface area contributed by atoms with Gasteiger partial charge in [-0.2, -0.15) is 0 Å². The Morgan fingerprint density at radius 2 is 2.14 bits per heavy atom. The van der Waals surface area contributed by atoms with Crippen molar-refractivity contribution in [3.05, 3.63) is 23.4 Å². The number of aryl methyl sites for hydroxylation is 1. The third-order valence-corrected chi connectivity index (χ3v) is 4.60. The van der Waals surface area contributed by atoms with Crippen LogP contribution in [-0.4, -0.2) is 48.6 Å². The summed E-state index contributed by atoms with van der Waals surface area (Å²) in [5, 5.41) is 3.56. The molecule has 1 aromatic rings. The first-order valence-corrected chi connectivity index (χ1v) is 8.27. The summed E-state index contributed by atoms with van der Waals surface area (Å²) in [6.07, 6.45) is 5.94. The highest BCUT2D eigenvalue weighted by Crippen LogP contribution is 2.23. The third-order valence-electron chi connectivity index (χ3n) is 4.60. The highest BCUT2D eigenvalue weighted by atomic mass is 15.3. The number of likely N-dealkylation sites (N-methyl/N-ethyl adjacent to an activating group) is 1. The summed E-state index contributed by atoms with van der Waals surface area (Å²) in [5.41, 5.74) is 2.62. The van der Waals surface area contributed by atoms with E-state index in [2.05, 4.69) is 48.3 Å². The van der Waals surface area contributed by atoms with Gasteiger partial charge < -0.3 is 15.1 Å². The molecule has 1 aromatic heterocycles. The van der Waals surface area contributed by atoms with Crippen LogP contribution in [0.3, 0.4) is 0 Å². The van der Waals surface area contributed by atoms with Crippen molar-refractivity contribution < 1.29 is 0 Å². The van der Waals surface area contributed by atoms with Gasteiger partial charge in [-0.3, -0.25) is 0 Å². The van der Waals surface area contributed by atoms with Gasteiger partial charge in [0.1, 0.15) is 5.82 Å². The van der Waals surface area contributed by atoms with Gasteiger partial charge in [-0.1, -0.05) is 0 Å². The number of anilines is 1. The van der Waals surface area contributed by atoms with Crippen LogP contribution in [0.15, 0.2) is 12.3 Å². The molecule has 1 aliphatic heterocycles. The Morgan fingerprint density at radius 1 is 1.33 bits per heavy atom. The summed E-state index contributed by atoms with van der Waals surface area (Å²) >= 11 is 0. The normalized spacial score (nSPS) is 24.1. The first-order chi connectivity index (χ1) is 10.1. The van der Waals surface area contributed by atoms with E-state index in [1.165, 1.54) is 42.8 Å². The number of nitrogens with one attached hydrogen (secondary N) is 1. The van der Waals surface area contributed by atoms with Crippen molar-refractivity contribution >= 4 is 5.82 Å². The molecule has 1 atom stereocenters. The van der Waals surface area contributed by atoms with E-state index >= 15 is 0 Å². The molecule has 0 aromatic carbocycles. The van der Waals surface area contributed by atoms with Crippen LogP contribution in [0.4, 0.5) is 5.82 Å². The monoisotopic (exact) mass is 288 g/mol. The van der Waals surface area contributed by atoms with Crippen LogP contribution in [0.5, 0.6) is 0 Å². The summed E-state index contributed by atoms with van der Waals surface area (Å²) in [5.74, 6) is 1.17. The molecule has 3 rings (SSSR count). The van der Waals surface area contributed by atoms with Crippen LogP contribution >= 0.6 is 0 Å². The molecule has 0 bridgehead atoms. The Morgan fingerprint density at radius 3 is 2.86 bits per heavy atom. The molecule has 0 spiro atoms. The molecular weight excluding hydrogens is 260 g/mol. The van der Waals surface area contributed by atoms with E-state index in [-0.39, 0.29) is 0 Å². The molecule has 1 unspecified atom stereocenters. The predicted octanol–water partition coefficient (Wildman–Crippen LogP) is 2.17. The summed E-state index contributed by atoms with van der Waals surface area (Å²) in [7, 11) is 2.22. The summed E-state index contributed by atoms with van der Waals surface area (Å²) in [6.45, 7) is 8.88. The van der Waals surface area contributed by atoms with Gasteiger partial charge >= 0.3 is 0 Å². The maximum atomic E-state index is 4.78. The van der Waals surface area contributed by atoms with Gasteiger partial charge in [-0.25, -0.2) is 4.98 Å². The minimum Gasteiger partial charge on any atom is -0.352 e. The SMILES string of the molecule is Cc1cc(CNC2CC2)cnc1N1CCCN(C)CC1C. The van der Waals surface area contributed by atoms with E-state index in [1.54, 1.807) is 0 Å². The average Bonchev–Trinajstić information content (AvgIpc) is 3.26. The quantitative estimate of drug-likeness (QED) is 0.920. The Bertz CT molecular complexity index is 484. The van der Waals surface area contributed by atoms with E-state index in [0.29, 0.717) is 6.04 Å². The van der Waals surface area contributed by atoms with E-state index < -0.39 is 0 Å². The van der Waals surface area contributed by atoms with Gasteiger partial charge in [0.15, 0.2) is 0 Å². The van der Waals surface area contributed by atoms with Crippen molar-refractivity contribution in [2.75, 3.05) is 31.6 Å². The van der Waals surface area contributed by atoms with Crippen molar-refractivity contribution in [1.82, 2.24) is 15.2 Å². The van der Waals surface area contributed by atoms with Gasteiger partial charge in [0.05, 0.1) is 0 Å². The zero-order valence-electron chi connectivity index (χ0n) is 13.6. The van der Waals surface area contributed by atoms with Crippen LogP contribution in [0.25, 0.3) is 0 Å². The van der Waals surface area contributed by atoms with E-state index in [9.17, 15) is 0 Å². The highest BCUT2D eigenvalue weighted by Gasteiger charge is 2.23. The smallest absolute Gasteiger partial charge is 0.131 e. The lowest BCUT2D eigenvalue weighted by Gasteiger charge is -2.30. The fraction of sp³-hybridized carbons (Fsp3) is 0.706. The second-order valence-corrected chi connectivity index (χ2v) is 6.80. The molecule has 2 aliphatic rings. The molecule has 2 fully saturated rings. The van der Waals surface area contributed by atoms with Crippen molar-refractivity contribution in [1.29, 1.82) is 0 Å². The Hall–Kier alpha value is -1.13. The fourth-order valence-electron chi connectivity index (χ4n) is 3.26. The maximum Gasteiger partial charge on any atom is 0.131 e. The molecule has 1 saturated carbocycles. The minimum atomic E-state index is 0.527. The van der Waals surface area contributed by atoms with Crippen molar-refractivity contribution in [2.24, 2.45) is 0 Å². The van der Waals surface area contributed by atoms with Crippen molar-refractivity contribution in [3.8, 4) is 0 Å². The second kappa shape index (κ2) is 6.32. The number of pyridine rings is 1. The largest absolute Gasteiger partial charge is 0.352 e. The van der Waals surface area contributed by atoms with E-state index in [1.807, 2.05) is 0 Å². The van der Waals surface area contributed by atoms with E-state index in [4.69, 9.17) is 4.98 Å². The molecule has 1 aliphatic carbocycles. The molecule has 116 valence electrons. The zero-order chi connectivity index (χ0) is 14.8. The van der Waals surface area contributed by atoms with Crippen LogP contribution < -0.4 is 10.2 Å². The number of hydrogen-bond acceptors (Lipinski definition) is 4. The molecule has 21 heavy (non-hydrogen) atoms. The first-order valence-electron chi connectivity index (χ1n) is 8.27. The molecular formula is C17H28N4. The number of rotatable bonds is 4. The maximum absolute atomic E-state index is 4.78. The second-order valence-electron chi connectivity index (χ2n) is 6.80. The highest BCUT2D eigenvalue weighted by molar-refractivity contribution is 5.48. The number of hydrogen-bond donors (Lipinski definition) is 1. The molecule has 1 saturated heterocycles. The topological polar surface area (TPSA) is 31.4 Å². The van der Waals surface area contributed by atoms with Gasteiger partial charge in [0.25, 0.3) is 0 Å². The fourth-order valence-corrected chi connectivity index (χ4v) is 3.26. The molecule has 0 radical (unpaired) electrons. The molecule has 4 nitrogen and oxygen atoms in total. The number of aromatic nitrogens is 1.